The van der Waals surface area contributed by atoms with E-state index in [1.807, 2.05) is 0 Å². The zero-order chi connectivity index (χ0) is 13.0. The molecule has 1 aliphatic carbocycles. The molecule has 1 saturated carbocycles. The third-order valence-electron chi connectivity index (χ3n) is 3.84. The molecule has 1 aromatic carbocycles. The van der Waals surface area contributed by atoms with Crippen LogP contribution in [0.25, 0.3) is 0 Å². The molecule has 0 aromatic heterocycles. The Morgan fingerprint density at radius 1 is 1.39 bits per heavy atom. The molecule has 2 atom stereocenters. The summed E-state index contributed by atoms with van der Waals surface area (Å²) in [5.74, 6) is 1.43. The highest BCUT2D eigenvalue weighted by molar-refractivity contribution is 5.32. The van der Waals surface area contributed by atoms with E-state index >= 15 is 0 Å². The summed E-state index contributed by atoms with van der Waals surface area (Å²) >= 11 is 0. The molecular weight excluding hydrogens is 229 g/mol. The van der Waals surface area contributed by atoms with Gasteiger partial charge in [0.05, 0.1) is 0 Å². The van der Waals surface area contributed by atoms with E-state index in [4.69, 9.17) is 0 Å². The molecule has 100 valence electrons. The Morgan fingerprint density at radius 2 is 2.22 bits per heavy atom. The minimum absolute atomic E-state index is 0.168. The van der Waals surface area contributed by atoms with Crippen LogP contribution in [0.1, 0.15) is 38.2 Å². The van der Waals surface area contributed by atoms with Crippen LogP contribution in [0.4, 0.5) is 4.39 Å². The molecule has 1 aliphatic rings. The second-order valence-corrected chi connectivity index (χ2v) is 5.54. The van der Waals surface area contributed by atoms with Gasteiger partial charge in [-0.2, -0.15) is 0 Å². The lowest BCUT2D eigenvalue weighted by atomic mass is 9.82. The van der Waals surface area contributed by atoms with E-state index in [-0.39, 0.29) is 11.6 Å². The van der Waals surface area contributed by atoms with Crippen molar-refractivity contribution in [1.29, 1.82) is 0 Å². The van der Waals surface area contributed by atoms with Crippen molar-refractivity contribution in [2.45, 2.75) is 39.2 Å². The molecular formula is C15H22FNO. The lowest BCUT2D eigenvalue weighted by Crippen LogP contribution is -2.26. The zero-order valence-corrected chi connectivity index (χ0v) is 11.0. The van der Waals surface area contributed by atoms with Crippen LogP contribution in [0, 0.1) is 17.7 Å². The van der Waals surface area contributed by atoms with Crippen molar-refractivity contribution in [3.05, 3.63) is 29.6 Å². The SMILES string of the molecule is CC1CCCC(CNCc2cc(F)ccc2O)C1. The van der Waals surface area contributed by atoms with E-state index in [0.717, 1.165) is 18.4 Å². The van der Waals surface area contributed by atoms with Crippen LogP contribution in [0.5, 0.6) is 5.75 Å². The van der Waals surface area contributed by atoms with Gasteiger partial charge in [-0.1, -0.05) is 19.8 Å². The van der Waals surface area contributed by atoms with Crippen LogP contribution in [0.3, 0.4) is 0 Å². The molecule has 0 spiro atoms. The number of hydrogen-bond acceptors (Lipinski definition) is 2. The first-order valence-electron chi connectivity index (χ1n) is 6.83. The Morgan fingerprint density at radius 3 is 3.00 bits per heavy atom. The summed E-state index contributed by atoms with van der Waals surface area (Å²) in [6.07, 6.45) is 5.23. The minimum atomic E-state index is -0.295. The predicted octanol–water partition coefficient (Wildman–Crippen LogP) is 3.45. The van der Waals surface area contributed by atoms with Crippen molar-refractivity contribution in [2.24, 2.45) is 11.8 Å². The molecule has 18 heavy (non-hydrogen) atoms. The van der Waals surface area contributed by atoms with E-state index in [1.165, 1.54) is 43.9 Å². The third kappa shape index (κ3) is 3.70. The topological polar surface area (TPSA) is 32.3 Å². The first kappa shape index (κ1) is 13.3. The van der Waals surface area contributed by atoms with Gasteiger partial charge in [-0.25, -0.2) is 4.39 Å². The van der Waals surface area contributed by atoms with Crippen LogP contribution in [-0.4, -0.2) is 11.7 Å². The molecule has 0 radical (unpaired) electrons. The van der Waals surface area contributed by atoms with Gasteiger partial charge < -0.3 is 10.4 Å². The average molecular weight is 251 g/mol. The predicted molar refractivity (Wildman–Crippen MR) is 70.9 cm³/mol. The van der Waals surface area contributed by atoms with Crippen LogP contribution in [-0.2, 0) is 6.54 Å². The molecule has 0 amide bonds. The number of hydrogen-bond donors (Lipinski definition) is 2. The number of phenolic OH excluding ortho intramolecular Hbond substituents is 1. The summed E-state index contributed by atoms with van der Waals surface area (Å²) in [5.41, 5.74) is 0.638. The summed E-state index contributed by atoms with van der Waals surface area (Å²) in [7, 11) is 0. The van der Waals surface area contributed by atoms with Gasteiger partial charge in [-0.15, -0.1) is 0 Å². The lowest BCUT2D eigenvalue weighted by Gasteiger charge is -2.26. The molecule has 2 rings (SSSR count). The van der Waals surface area contributed by atoms with Crippen molar-refractivity contribution in [1.82, 2.24) is 5.32 Å². The number of phenols is 1. The quantitative estimate of drug-likeness (QED) is 0.859. The maximum atomic E-state index is 13.0. The maximum Gasteiger partial charge on any atom is 0.123 e. The van der Waals surface area contributed by atoms with E-state index in [0.29, 0.717) is 12.1 Å². The molecule has 3 heteroatoms. The molecule has 0 saturated heterocycles. The van der Waals surface area contributed by atoms with Crippen LogP contribution >= 0.6 is 0 Å². The van der Waals surface area contributed by atoms with Gasteiger partial charge >= 0.3 is 0 Å². The van der Waals surface area contributed by atoms with Gasteiger partial charge in [-0.05, 0) is 49.4 Å². The molecule has 2 nitrogen and oxygen atoms in total. The largest absolute Gasteiger partial charge is 0.508 e. The first-order chi connectivity index (χ1) is 8.65. The molecule has 0 aliphatic heterocycles. The third-order valence-corrected chi connectivity index (χ3v) is 3.84. The fraction of sp³-hybridized carbons (Fsp3) is 0.600. The van der Waals surface area contributed by atoms with Gasteiger partial charge in [0.2, 0.25) is 0 Å². The Bertz CT molecular complexity index is 394. The molecule has 1 fully saturated rings. The Labute approximate surface area is 108 Å². The minimum Gasteiger partial charge on any atom is -0.508 e. The molecule has 2 N–H and O–H groups in total. The van der Waals surface area contributed by atoms with Gasteiger partial charge in [0.25, 0.3) is 0 Å². The fourth-order valence-corrected chi connectivity index (χ4v) is 2.85. The highest BCUT2D eigenvalue weighted by Crippen LogP contribution is 2.28. The number of aromatic hydroxyl groups is 1. The Kier molecular flexibility index (Phi) is 4.59. The van der Waals surface area contributed by atoms with Gasteiger partial charge in [0.15, 0.2) is 0 Å². The summed E-state index contributed by atoms with van der Waals surface area (Å²) in [6.45, 7) is 3.80. The fourth-order valence-electron chi connectivity index (χ4n) is 2.85. The van der Waals surface area contributed by atoms with E-state index in [1.54, 1.807) is 0 Å². The van der Waals surface area contributed by atoms with E-state index in [2.05, 4.69) is 12.2 Å². The van der Waals surface area contributed by atoms with Crippen molar-refractivity contribution in [3.63, 3.8) is 0 Å². The molecule has 0 bridgehead atoms. The number of rotatable bonds is 4. The zero-order valence-electron chi connectivity index (χ0n) is 11.0. The van der Waals surface area contributed by atoms with Crippen LogP contribution in [0.2, 0.25) is 0 Å². The van der Waals surface area contributed by atoms with Crippen molar-refractivity contribution < 1.29 is 9.50 Å². The number of nitrogens with one attached hydrogen (secondary N) is 1. The van der Waals surface area contributed by atoms with Crippen LogP contribution < -0.4 is 5.32 Å². The molecule has 1 aromatic rings. The van der Waals surface area contributed by atoms with Gasteiger partial charge in [0, 0.05) is 12.1 Å². The maximum absolute atomic E-state index is 13.0. The first-order valence-corrected chi connectivity index (χ1v) is 6.83. The van der Waals surface area contributed by atoms with Crippen molar-refractivity contribution >= 4 is 0 Å². The van der Waals surface area contributed by atoms with E-state index < -0.39 is 0 Å². The highest BCUT2D eigenvalue weighted by atomic mass is 19.1. The summed E-state index contributed by atoms with van der Waals surface area (Å²) in [5, 5.41) is 12.9. The van der Waals surface area contributed by atoms with E-state index in [9.17, 15) is 9.50 Å². The molecule has 2 unspecified atom stereocenters. The number of benzene rings is 1. The van der Waals surface area contributed by atoms with Crippen LogP contribution in [0.15, 0.2) is 18.2 Å². The van der Waals surface area contributed by atoms with Crippen molar-refractivity contribution in [2.75, 3.05) is 6.54 Å². The summed E-state index contributed by atoms with van der Waals surface area (Å²) in [4.78, 5) is 0. The monoisotopic (exact) mass is 251 g/mol. The van der Waals surface area contributed by atoms with Gasteiger partial charge in [0.1, 0.15) is 11.6 Å². The summed E-state index contributed by atoms with van der Waals surface area (Å²) in [6, 6.07) is 4.09. The van der Waals surface area contributed by atoms with Crippen molar-refractivity contribution in [3.8, 4) is 5.75 Å². The lowest BCUT2D eigenvalue weighted by molar-refractivity contribution is 0.274. The second-order valence-electron chi connectivity index (χ2n) is 5.54. The van der Waals surface area contributed by atoms with Gasteiger partial charge in [-0.3, -0.25) is 0 Å². The Hall–Kier alpha value is -1.09. The standard InChI is InChI=1S/C15H22FNO/c1-11-3-2-4-12(7-11)9-17-10-13-8-14(16)5-6-15(13)18/h5-6,8,11-12,17-18H,2-4,7,9-10H2,1H3. The highest BCUT2D eigenvalue weighted by Gasteiger charge is 2.18. The second kappa shape index (κ2) is 6.19. The molecule has 0 heterocycles. The smallest absolute Gasteiger partial charge is 0.123 e. The average Bonchev–Trinajstić information content (AvgIpc) is 2.34. The normalized spacial score (nSPS) is 24.1. The summed E-state index contributed by atoms with van der Waals surface area (Å²) < 4.78 is 13.0. The Balaban J connectivity index is 1.79. The number of halogens is 1.